The van der Waals surface area contributed by atoms with Crippen LogP contribution >= 0.6 is 0 Å². The molecule has 2 atom stereocenters. The number of primary amides is 1. The fraction of sp³-hybridized carbons (Fsp3) is 0.455. The third-order valence-electron chi connectivity index (χ3n) is 6.44. The lowest BCUT2D eigenvalue weighted by Gasteiger charge is -2.34. The topological polar surface area (TPSA) is 131 Å². The molecule has 2 aromatic rings. The van der Waals surface area contributed by atoms with Gasteiger partial charge in [0, 0.05) is 18.7 Å². The number of rotatable bonds is 15. The molecule has 42 heavy (non-hydrogen) atoms. The Balaban J connectivity index is 2.49. The van der Waals surface area contributed by atoms with Crippen LogP contribution in [0.3, 0.4) is 0 Å². The average molecular weight is 577 g/mol. The number of ether oxygens (including phenoxy) is 1. The molecule has 0 saturated heterocycles. The SMILES string of the molecule is C#Cc1ccc(C(C(=O)NCc2ccccc2)N(CCCCCCC)C(=O)C(CC(N)=O)NC(=O)OC(C)(C)C)cc1. The molecule has 4 amide bonds. The molecule has 9 heteroatoms. The van der Waals surface area contributed by atoms with Gasteiger partial charge in [-0.2, -0.15) is 0 Å². The van der Waals surface area contributed by atoms with E-state index in [2.05, 4.69) is 23.5 Å². The van der Waals surface area contributed by atoms with E-state index in [4.69, 9.17) is 16.9 Å². The van der Waals surface area contributed by atoms with E-state index in [0.29, 0.717) is 17.5 Å². The normalized spacial score (nSPS) is 12.4. The van der Waals surface area contributed by atoms with Crippen molar-refractivity contribution < 1.29 is 23.9 Å². The van der Waals surface area contributed by atoms with Crippen LogP contribution in [0.5, 0.6) is 0 Å². The van der Waals surface area contributed by atoms with Crippen LogP contribution < -0.4 is 16.4 Å². The lowest BCUT2D eigenvalue weighted by Crippen LogP contribution is -2.54. The first-order valence-electron chi connectivity index (χ1n) is 14.4. The van der Waals surface area contributed by atoms with Crippen molar-refractivity contribution in [3.8, 4) is 12.3 Å². The number of terminal acetylenes is 1. The Labute approximate surface area is 249 Å². The van der Waals surface area contributed by atoms with Crippen LogP contribution in [0.25, 0.3) is 0 Å². The van der Waals surface area contributed by atoms with Crippen LogP contribution in [-0.2, 0) is 25.7 Å². The molecule has 226 valence electrons. The summed E-state index contributed by atoms with van der Waals surface area (Å²) in [6.07, 6.45) is 8.75. The van der Waals surface area contributed by atoms with E-state index in [1.807, 2.05) is 30.3 Å². The second kappa shape index (κ2) is 16.8. The number of carbonyl (C=O) groups excluding carboxylic acids is 4. The first kappa shape index (κ1) is 33.9. The van der Waals surface area contributed by atoms with Gasteiger partial charge >= 0.3 is 6.09 Å². The number of hydrogen-bond acceptors (Lipinski definition) is 5. The molecule has 2 rings (SSSR count). The van der Waals surface area contributed by atoms with Crippen molar-refractivity contribution in [2.45, 2.75) is 90.4 Å². The Bertz CT molecular complexity index is 1220. The zero-order chi connectivity index (χ0) is 31.1. The smallest absolute Gasteiger partial charge is 0.408 e. The predicted molar refractivity (Wildman–Crippen MR) is 163 cm³/mol. The zero-order valence-electron chi connectivity index (χ0n) is 25.2. The first-order chi connectivity index (χ1) is 19.9. The molecule has 0 aliphatic rings. The number of amides is 4. The summed E-state index contributed by atoms with van der Waals surface area (Å²) in [5.74, 6) is 0.752. The molecular weight excluding hydrogens is 532 g/mol. The number of hydrogen-bond donors (Lipinski definition) is 3. The van der Waals surface area contributed by atoms with Crippen molar-refractivity contribution in [2.24, 2.45) is 5.73 Å². The summed E-state index contributed by atoms with van der Waals surface area (Å²) in [6.45, 7) is 7.64. The van der Waals surface area contributed by atoms with Crippen molar-refractivity contribution in [1.29, 1.82) is 0 Å². The van der Waals surface area contributed by atoms with Gasteiger partial charge in [0.25, 0.3) is 0 Å². The largest absolute Gasteiger partial charge is 0.444 e. The van der Waals surface area contributed by atoms with Gasteiger partial charge in [-0.3, -0.25) is 14.4 Å². The second-order valence-electron chi connectivity index (χ2n) is 11.2. The van der Waals surface area contributed by atoms with Gasteiger partial charge in [-0.25, -0.2) is 4.79 Å². The molecular formula is C33H44N4O5. The van der Waals surface area contributed by atoms with Gasteiger partial charge < -0.3 is 26.0 Å². The summed E-state index contributed by atoms with van der Waals surface area (Å²) in [4.78, 5) is 54.1. The van der Waals surface area contributed by atoms with Crippen molar-refractivity contribution in [3.05, 3.63) is 71.3 Å². The monoisotopic (exact) mass is 576 g/mol. The minimum Gasteiger partial charge on any atom is -0.444 e. The van der Waals surface area contributed by atoms with Crippen molar-refractivity contribution in [1.82, 2.24) is 15.5 Å². The van der Waals surface area contributed by atoms with Gasteiger partial charge in [-0.15, -0.1) is 6.42 Å². The van der Waals surface area contributed by atoms with Crippen LogP contribution in [0.2, 0.25) is 0 Å². The average Bonchev–Trinajstić information content (AvgIpc) is 2.94. The summed E-state index contributed by atoms with van der Waals surface area (Å²) >= 11 is 0. The third-order valence-corrected chi connectivity index (χ3v) is 6.44. The molecule has 0 aliphatic carbocycles. The predicted octanol–water partition coefficient (Wildman–Crippen LogP) is 4.59. The lowest BCUT2D eigenvalue weighted by atomic mass is 10.00. The van der Waals surface area contributed by atoms with Gasteiger partial charge in [-0.05, 0) is 50.5 Å². The quantitative estimate of drug-likeness (QED) is 0.211. The van der Waals surface area contributed by atoms with Gasteiger partial charge in [-0.1, -0.05) is 81.0 Å². The van der Waals surface area contributed by atoms with E-state index >= 15 is 0 Å². The van der Waals surface area contributed by atoms with Crippen molar-refractivity contribution in [2.75, 3.05) is 6.54 Å². The molecule has 0 fully saturated rings. The zero-order valence-corrected chi connectivity index (χ0v) is 25.2. The number of alkyl carbamates (subject to hydrolysis) is 1. The molecule has 4 N–H and O–H groups in total. The van der Waals surface area contributed by atoms with Crippen LogP contribution in [0.15, 0.2) is 54.6 Å². The van der Waals surface area contributed by atoms with Gasteiger partial charge in [0.15, 0.2) is 0 Å². The fourth-order valence-corrected chi connectivity index (χ4v) is 4.42. The Kier molecular flexibility index (Phi) is 13.6. The number of carbonyl (C=O) groups is 4. The summed E-state index contributed by atoms with van der Waals surface area (Å²) in [6, 6.07) is 13.9. The van der Waals surface area contributed by atoms with E-state index in [0.717, 1.165) is 31.2 Å². The molecule has 0 saturated carbocycles. The lowest BCUT2D eigenvalue weighted by molar-refractivity contribution is -0.143. The minimum absolute atomic E-state index is 0.216. The number of nitrogens with one attached hydrogen (secondary N) is 2. The van der Waals surface area contributed by atoms with E-state index < -0.39 is 47.9 Å². The molecule has 0 spiro atoms. The van der Waals surface area contributed by atoms with Crippen LogP contribution in [0.1, 0.15) is 89.0 Å². The highest BCUT2D eigenvalue weighted by Crippen LogP contribution is 2.25. The Morgan fingerprint density at radius 2 is 1.62 bits per heavy atom. The number of benzene rings is 2. The Hall–Kier alpha value is -4.32. The van der Waals surface area contributed by atoms with Crippen LogP contribution in [0.4, 0.5) is 4.79 Å². The summed E-state index contributed by atoms with van der Waals surface area (Å²) < 4.78 is 5.34. The second-order valence-corrected chi connectivity index (χ2v) is 11.2. The molecule has 0 aromatic heterocycles. The van der Waals surface area contributed by atoms with Gasteiger partial charge in [0.1, 0.15) is 17.7 Å². The standard InChI is InChI=1S/C33H44N4O5/c1-6-8-9-10-14-21-37(31(40)27(22-28(34)38)36-32(41)42-33(3,4)5)29(26-19-17-24(7-2)18-20-26)30(39)35-23-25-15-12-11-13-16-25/h2,11-13,15-20,27,29H,6,8-10,14,21-23H2,1,3-5H3,(H2,34,38)(H,35,39)(H,36,41). The Morgan fingerprint density at radius 3 is 2.19 bits per heavy atom. The highest BCUT2D eigenvalue weighted by molar-refractivity contribution is 5.94. The van der Waals surface area contributed by atoms with Gasteiger partial charge in [0.2, 0.25) is 17.7 Å². The number of unbranched alkanes of at least 4 members (excludes halogenated alkanes) is 4. The number of nitrogens with two attached hydrogens (primary N) is 1. The maximum absolute atomic E-state index is 14.2. The fourth-order valence-electron chi connectivity index (χ4n) is 4.42. The van der Waals surface area contributed by atoms with Crippen LogP contribution in [0, 0.1) is 12.3 Å². The molecule has 0 radical (unpaired) electrons. The third kappa shape index (κ3) is 11.7. The van der Waals surface area contributed by atoms with E-state index in [-0.39, 0.29) is 13.1 Å². The Morgan fingerprint density at radius 1 is 0.976 bits per heavy atom. The summed E-state index contributed by atoms with van der Waals surface area (Å²) in [7, 11) is 0. The first-order valence-corrected chi connectivity index (χ1v) is 14.4. The molecule has 0 bridgehead atoms. The highest BCUT2D eigenvalue weighted by Gasteiger charge is 2.36. The molecule has 2 aromatic carbocycles. The van der Waals surface area contributed by atoms with Crippen LogP contribution in [-0.4, -0.2) is 46.9 Å². The van der Waals surface area contributed by atoms with Crippen molar-refractivity contribution in [3.63, 3.8) is 0 Å². The number of nitrogens with zero attached hydrogens (tertiary/aromatic N) is 1. The maximum Gasteiger partial charge on any atom is 0.408 e. The molecule has 9 nitrogen and oxygen atoms in total. The molecule has 0 heterocycles. The van der Waals surface area contributed by atoms with E-state index in [1.54, 1.807) is 45.0 Å². The van der Waals surface area contributed by atoms with E-state index in [1.165, 1.54) is 4.90 Å². The van der Waals surface area contributed by atoms with Crippen molar-refractivity contribution >= 4 is 23.8 Å². The summed E-state index contributed by atoms with van der Waals surface area (Å²) in [5.41, 5.74) is 6.70. The summed E-state index contributed by atoms with van der Waals surface area (Å²) in [5, 5.41) is 5.45. The minimum atomic E-state index is -1.33. The molecule has 2 unspecified atom stereocenters. The highest BCUT2D eigenvalue weighted by atomic mass is 16.6. The van der Waals surface area contributed by atoms with E-state index in [9.17, 15) is 19.2 Å². The maximum atomic E-state index is 14.2. The van der Waals surface area contributed by atoms with Gasteiger partial charge in [0.05, 0.1) is 6.42 Å². The molecule has 0 aliphatic heterocycles.